The van der Waals surface area contributed by atoms with Crippen molar-refractivity contribution in [3.8, 4) is 0 Å². The van der Waals surface area contributed by atoms with Gasteiger partial charge in [0, 0.05) is 5.02 Å². The number of halogens is 1. The van der Waals surface area contributed by atoms with E-state index < -0.39 is 16.3 Å². The summed E-state index contributed by atoms with van der Waals surface area (Å²) in [4.78, 5) is 11.1. The summed E-state index contributed by atoms with van der Waals surface area (Å²) in [5, 5.41) is 0.494. The Bertz CT molecular complexity index is 528. The van der Waals surface area contributed by atoms with E-state index in [1.54, 1.807) is 12.1 Å². The highest BCUT2D eigenvalue weighted by molar-refractivity contribution is 7.90. The summed E-state index contributed by atoms with van der Waals surface area (Å²) in [5.41, 5.74) is 0.328. The van der Waals surface area contributed by atoms with E-state index in [4.69, 9.17) is 11.6 Å². The Morgan fingerprint density at radius 2 is 1.94 bits per heavy atom. The molecule has 1 heterocycles. The predicted octanol–water partition coefficient (Wildman–Crippen LogP) is 1.45. The SMILES string of the molecule is O=C1OCCN1S(=O)(=O)Nc1ccc(Cl)cc1. The first-order valence-corrected chi connectivity index (χ1v) is 6.54. The van der Waals surface area contributed by atoms with Gasteiger partial charge >= 0.3 is 16.3 Å². The number of nitrogens with one attached hydrogen (secondary N) is 1. The van der Waals surface area contributed by atoms with Gasteiger partial charge < -0.3 is 4.74 Å². The van der Waals surface area contributed by atoms with Gasteiger partial charge in [-0.2, -0.15) is 12.7 Å². The highest BCUT2D eigenvalue weighted by Crippen LogP contribution is 2.17. The molecule has 1 N–H and O–H groups in total. The fourth-order valence-electron chi connectivity index (χ4n) is 1.32. The van der Waals surface area contributed by atoms with Gasteiger partial charge in [0.15, 0.2) is 0 Å². The molecule has 0 aromatic heterocycles. The molecule has 0 bridgehead atoms. The number of rotatable bonds is 3. The number of anilines is 1. The molecule has 1 saturated heterocycles. The maximum absolute atomic E-state index is 11.8. The standard InChI is InChI=1S/C9H9ClN2O4S/c10-7-1-3-8(4-2-7)11-17(14,15)12-5-6-16-9(12)13/h1-4,11H,5-6H2. The Morgan fingerprint density at radius 3 is 2.47 bits per heavy atom. The van der Waals surface area contributed by atoms with Crippen LogP contribution >= 0.6 is 11.6 Å². The molecule has 0 saturated carbocycles. The zero-order valence-corrected chi connectivity index (χ0v) is 10.2. The van der Waals surface area contributed by atoms with Gasteiger partial charge in [-0.25, -0.2) is 4.79 Å². The largest absolute Gasteiger partial charge is 0.447 e. The minimum atomic E-state index is -3.91. The predicted molar refractivity (Wildman–Crippen MR) is 62.0 cm³/mol. The van der Waals surface area contributed by atoms with Crippen molar-refractivity contribution in [2.24, 2.45) is 0 Å². The van der Waals surface area contributed by atoms with E-state index in [1.807, 2.05) is 0 Å². The summed E-state index contributed by atoms with van der Waals surface area (Å²) < 4.78 is 31.0. The van der Waals surface area contributed by atoms with Gasteiger partial charge in [0.1, 0.15) is 6.61 Å². The van der Waals surface area contributed by atoms with Crippen molar-refractivity contribution in [3.63, 3.8) is 0 Å². The number of carbonyl (C=O) groups is 1. The van der Waals surface area contributed by atoms with Gasteiger partial charge in [-0.05, 0) is 24.3 Å². The monoisotopic (exact) mass is 276 g/mol. The van der Waals surface area contributed by atoms with Crippen molar-refractivity contribution in [1.29, 1.82) is 0 Å². The Hall–Kier alpha value is -1.47. The summed E-state index contributed by atoms with van der Waals surface area (Å²) in [5.74, 6) is 0. The van der Waals surface area contributed by atoms with Crippen molar-refractivity contribution < 1.29 is 17.9 Å². The van der Waals surface area contributed by atoms with Gasteiger partial charge in [-0.3, -0.25) is 4.72 Å². The molecule has 1 aliphatic heterocycles. The number of ether oxygens (including phenoxy) is 1. The van der Waals surface area contributed by atoms with Gasteiger partial charge in [0.2, 0.25) is 0 Å². The first-order chi connectivity index (χ1) is 7.99. The van der Waals surface area contributed by atoms with Crippen LogP contribution in [-0.4, -0.2) is 32.0 Å². The molecule has 0 unspecified atom stereocenters. The van der Waals surface area contributed by atoms with Crippen LogP contribution < -0.4 is 4.72 Å². The number of carbonyl (C=O) groups excluding carboxylic acids is 1. The van der Waals surface area contributed by atoms with Crippen molar-refractivity contribution in [2.75, 3.05) is 17.9 Å². The van der Waals surface area contributed by atoms with Gasteiger partial charge in [0.25, 0.3) is 0 Å². The van der Waals surface area contributed by atoms with Crippen LogP contribution in [0.3, 0.4) is 0 Å². The number of hydrogen-bond donors (Lipinski definition) is 1. The van der Waals surface area contributed by atoms with Crippen LogP contribution in [-0.2, 0) is 14.9 Å². The number of nitrogens with zero attached hydrogens (tertiary/aromatic N) is 1. The van der Waals surface area contributed by atoms with Gasteiger partial charge in [-0.15, -0.1) is 0 Å². The smallest absolute Gasteiger partial charge is 0.425 e. The molecule has 1 amide bonds. The molecule has 0 spiro atoms. The average Bonchev–Trinajstić information content (AvgIpc) is 2.68. The summed E-state index contributed by atoms with van der Waals surface area (Å²) in [6.45, 7) is 0.0854. The number of cyclic esters (lactones) is 1. The van der Waals surface area contributed by atoms with Crippen molar-refractivity contribution >= 4 is 33.6 Å². The second kappa shape index (κ2) is 4.42. The third kappa shape index (κ3) is 2.62. The van der Waals surface area contributed by atoms with Gasteiger partial charge in [-0.1, -0.05) is 11.6 Å². The fourth-order valence-corrected chi connectivity index (χ4v) is 2.55. The van der Waals surface area contributed by atoms with Crippen LogP contribution in [0.5, 0.6) is 0 Å². The molecule has 8 heteroatoms. The normalized spacial score (nSPS) is 15.8. The van der Waals surface area contributed by atoms with Gasteiger partial charge in [0.05, 0.1) is 12.2 Å². The van der Waals surface area contributed by atoms with Crippen LogP contribution in [0.25, 0.3) is 0 Å². The zero-order valence-electron chi connectivity index (χ0n) is 8.59. The molecule has 1 aliphatic rings. The fraction of sp³-hybridized carbons (Fsp3) is 0.222. The molecule has 1 aromatic rings. The molecule has 0 radical (unpaired) electrons. The van der Waals surface area contributed by atoms with Crippen LogP contribution in [0.1, 0.15) is 0 Å². The molecule has 6 nitrogen and oxygen atoms in total. The van der Waals surface area contributed by atoms with E-state index in [0.29, 0.717) is 15.0 Å². The quantitative estimate of drug-likeness (QED) is 0.906. The van der Waals surface area contributed by atoms with E-state index in [9.17, 15) is 13.2 Å². The summed E-state index contributed by atoms with van der Waals surface area (Å²) in [6.07, 6.45) is -0.869. The van der Waals surface area contributed by atoms with Crippen LogP contribution in [0, 0.1) is 0 Å². The van der Waals surface area contributed by atoms with E-state index >= 15 is 0 Å². The average molecular weight is 277 g/mol. The van der Waals surface area contributed by atoms with Crippen LogP contribution in [0.15, 0.2) is 24.3 Å². The lowest BCUT2D eigenvalue weighted by atomic mass is 10.3. The minimum Gasteiger partial charge on any atom is -0.447 e. The number of amides is 1. The van der Waals surface area contributed by atoms with E-state index in [-0.39, 0.29) is 13.2 Å². The second-order valence-electron chi connectivity index (χ2n) is 3.30. The lowest BCUT2D eigenvalue weighted by Crippen LogP contribution is -2.36. The Morgan fingerprint density at radius 1 is 1.29 bits per heavy atom. The molecular formula is C9H9ClN2O4S. The third-order valence-corrected chi connectivity index (χ3v) is 3.76. The Kier molecular flexibility index (Phi) is 3.12. The van der Waals surface area contributed by atoms with Crippen molar-refractivity contribution in [2.45, 2.75) is 0 Å². The maximum Gasteiger partial charge on any atom is 0.425 e. The first kappa shape index (κ1) is 12.0. The first-order valence-electron chi connectivity index (χ1n) is 4.72. The highest BCUT2D eigenvalue weighted by Gasteiger charge is 2.33. The van der Waals surface area contributed by atoms with Crippen LogP contribution in [0.4, 0.5) is 10.5 Å². The third-order valence-electron chi connectivity index (χ3n) is 2.10. The highest BCUT2D eigenvalue weighted by atomic mass is 35.5. The molecule has 0 aliphatic carbocycles. The molecule has 2 rings (SSSR count). The second-order valence-corrected chi connectivity index (χ2v) is 5.33. The summed E-state index contributed by atoms with van der Waals surface area (Å²) >= 11 is 5.67. The molecule has 1 fully saturated rings. The van der Waals surface area contributed by atoms with E-state index in [1.165, 1.54) is 12.1 Å². The maximum atomic E-state index is 11.8. The minimum absolute atomic E-state index is 0.0156. The summed E-state index contributed by atoms with van der Waals surface area (Å²) in [6, 6.07) is 6.09. The summed E-state index contributed by atoms with van der Waals surface area (Å²) in [7, 11) is -3.91. The van der Waals surface area contributed by atoms with Crippen LogP contribution in [0.2, 0.25) is 5.02 Å². The zero-order chi connectivity index (χ0) is 12.5. The van der Waals surface area contributed by atoms with Crippen molar-refractivity contribution in [3.05, 3.63) is 29.3 Å². The molecule has 0 atom stereocenters. The lowest BCUT2D eigenvalue weighted by Gasteiger charge is -2.14. The molecule has 92 valence electrons. The number of benzene rings is 1. The Balaban J connectivity index is 2.17. The molecule has 1 aromatic carbocycles. The van der Waals surface area contributed by atoms with Crippen molar-refractivity contribution in [1.82, 2.24) is 4.31 Å². The Labute approximate surface area is 103 Å². The molecular weight excluding hydrogens is 268 g/mol. The molecule has 17 heavy (non-hydrogen) atoms. The van der Waals surface area contributed by atoms with E-state index in [2.05, 4.69) is 9.46 Å². The lowest BCUT2D eigenvalue weighted by molar-refractivity contribution is 0.170. The van der Waals surface area contributed by atoms with E-state index in [0.717, 1.165) is 0 Å². The number of hydrogen-bond acceptors (Lipinski definition) is 4. The topological polar surface area (TPSA) is 75.7 Å².